The summed E-state index contributed by atoms with van der Waals surface area (Å²) in [5.74, 6) is 1.28. The van der Waals surface area contributed by atoms with Crippen LogP contribution < -0.4 is 9.47 Å². The predicted molar refractivity (Wildman–Crippen MR) is 71.5 cm³/mol. The van der Waals surface area contributed by atoms with Gasteiger partial charge >= 0.3 is 0 Å². The van der Waals surface area contributed by atoms with E-state index < -0.39 is 6.10 Å². The number of imidazole rings is 1. The van der Waals surface area contributed by atoms with Gasteiger partial charge in [0.1, 0.15) is 17.6 Å². The van der Waals surface area contributed by atoms with E-state index in [2.05, 4.69) is 4.98 Å². The van der Waals surface area contributed by atoms with Gasteiger partial charge in [-0.25, -0.2) is 4.98 Å². The highest BCUT2D eigenvalue weighted by molar-refractivity contribution is 5.44. The van der Waals surface area contributed by atoms with Crippen LogP contribution in [0.15, 0.2) is 30.7 Å². The van der Waals surface area contributed by atoms with Crippen LogP contribution in [0.25, 0.3) is 0 Å². The summed E-state index contributed by atoms with van der Waals surface area (Å²) >= 11 is 0. The standard InChI is InChI=1S/C14H18N2O3/c1-4-16-9-15-8-12(16)14(17)11-6-5-10(18-2)7-13(11)19-3/h5-9,14,17H,4H2,1-3H3. The molecule has 0 spiro atoms. The largest absolute Gasteiger partial charge is 0.497 e. The fourth-order valence-electron chi connectivity index (χ4n) is 2.03. The minimum atomic E-state index is -0.775. The number of rotatable bonds is 5. The lowest BCUT2D eigenvalue weighted by Crippen LogP contribution is -2.08. The summed E-state index contributed by atoms with van der Waals surface area (Å²) in [5, 5.41) is 10.5. The molecule has 1 heterocycles. The van der Waals surface area contributed by atoms with Gasteiger partial charge in [-0.15, -0.1) is 0 Å². The molecule has 2 aromatic rings. The Morgan fingerprint density at radius 2 is 2.11 bits per heavy atom. The Balaban J connectivity index is 2.41. The Kier molecular flexibility index (Phi) is 4.06. The zero-order valence-electron chi connectivity index (χ0n) is 11.3. The first-order valence-electron chi connectivity index (χ1n) is 6.11. The molecular formula is C14H18N2O3. The number of aromatic nitrogens is 2. The van der Waals surface area contributed by atoms with Crippen molar-refractivity contribution in [2.24, 2.45) is 0 Å². The number of ether oxygens (including phenoxy) is 2. The van der Waals surface area contributed by atoms with E-state index in [-0.39, 0.29) is 0 Å². The van der Waals surface area contributed by atoms with Gasteiger partial charge in [-0.2, -0.15) is 0 Å². The molecule has 0 bridgehead atoms. The Bertz CT molecular complexity index is 551. The van der Waals surface area contributed by atoms with E-state index in [4.69, 9.17) is 9.47 Å². The molecule has 1 aromatic carbocycles. The third kappa shape index (κ3) is 2.56. The lowest BCUT2D eigenvalue weighted by Gasteiger charge is -2.16. The SMILES string of the molecule is CCn1cncc1C(O)c1ccc(OC)cc1OC. The maximum Gasteiger partial charge on any atom is 0.128 e. The smallest absolute Gasteiger partial charge is 0.128 e. The molecule has 0 amide bonds. The van der Waals surface area contributed by atoms with E-state index >= 15 is 0 Å². The molecule has 2 rings (SSSR count). The topological polar surface area (TPSA) is 56.5 Å². The monoisotopic (exact) mass is 262 g/mol. The average Bonchev–Trinajstić information content (AvgIpc) is 2.94. The van der Waals surface area contributed by atoms with Crippen LogP contribution in [0.3, 0.4) is 0 Å². The minimum Gasteiger partial charge on any atom is -0.497 e. The molecule has 5 heteroatoms. The Morgan fingerprint density at radius 1 is 1.32 bits per heavy atom. The number of hydrogen-bond donors (Lipinski definition) is 1. The summed E-state index contributed by atoms with van der Waals surface area (Å²) in [4.78, 5) is 4.07. The third-order valence-electron chi connectivity index (χ3n) is 3.10. The van der Waals surface area contributed by atoms with Crippen molar-refractivity contribution < 1.29 is 14.6 Å². The van der Waals surface area contributed by atoms with Crippen LogP contribution in [0.2, 0.25) is 0 Å². The highest BCUT2D eigenvalue weighted by Gasteiger charge is 2.19. The normalized spacial score (nSPS) is 12.2. The number of aliphatic hydroxyl groups is 1. The van der Waals surface area contributed by atoms with Gasteiger partial charge < -0.3 is 19.1 Å². The van der Waals surface area contributed by atoms with Gasteiger partial charge in [-0.1, -0.05) is 0 Å². The van der Waals surface area contributed by atoms with Crippen molar-refractivity contribution in [1.82, 2.24) is 9.55 Å². The second-order valence-corrected chi connectivity index (χ2v) is 4.11. The van der Waals surface area contributed by atoms with Crippen LogP contribution in [-0.2, 0) is 6.54 Å². The molecule has 0 aliphatic heterocycles. The molecule has 0 aliphatic rings. The van der Waals surface area contributed by atoms with Gasteiger partial charge in [0.15, 0.2) is 0 Å². The Labute approximate surface area is 112 Å². The van der Waals surface area contributed by atoms with Crippen molar-refractivity contribution in [2.45, 2.75) is 19.6 Å². The van der Waals surface area contributed by atoms with Crippen molar-refractivity contribution in [3.63, 3.8) is 0 Å². The van der Waals surface area contributed by atoms with Gasteiger partial charge in [0.25, 0.3) is 0 Å². The van der Waals surface area contributed by atoms with Crippen LogP contribution in [0.4, 0.5) is 0 Å². The first-order chi connectivity index (χ1) is 9.21. The highest BCUT2D eigenvalue weighted by atomic mass is 16.5. The van der Waals surface area contributed by atoms with Crippen molar-refractivity contribution in [3.8, 4) is 11.5 Å². The first-order valence-corrected chi connectivity index (χ1v) is 6.11. The van der Waals surface area contributed by atoms with Crippen molar-refractivity contribution in [3.05, 3.63) is 42.0 Å². The summed E-state index contributed by atoms with van der Waals surface area (Å²) < 4.78 is 12.4. The number of nitrogens with zero attached hydrogens (tertiary/aromatic N) is 2. The Hall–Kier alpha value is -2.01. The number of methoxy groups -OCH3 is 2. The predicted octanol–water partition coefficient (Wildman–Crippen LogP) is 2.00. The lowest BCUT2D eigenvalue weighted by molar-refractivity contribution is 0.205. The van der Waals surface area contributed by atoms with E-state index in [9.17, 15) is 5.11 Å². The van der Waals surface area contributed by atoms with Crippen molar-refractivity contribution >= 4 is 0 Å². The summed E-state index contributed by atoms with van der Waals surface area (Å²) in [7, 11) is 3.17. The molecule has 0 radical (unpaired) electrons. The number of aliphatic hydroxyl groups excluding tert-OH is 1. The van der Waals surface area contributed by atoms with Crippen LogP contribution in [0.1, 0.15) is 24.3 Å². The molecule has 1 N–H and O–H groups in total. The van der Waals surface area contributed by atoms with E-state index in [1.54, 1.807) is 44.9 Å². The van der Waals surface area contributed by atoms with Crippen molar-refractivity contribution in [1.29, 1.82) is 0 Å². The van der Waals surface area contributed by atoms with Crippen LogP contribution in [0.5, 0.6) is 11.5 Å². The molecule has 1 aromatic heterocycles. The van der Waals surface area contributed by atoms with Gasteiger partial charge in [0.05, 0.1) is 32.4 Å². The molecule has 0 saturated heterocycles. The molecular weight excluding hydrogens is 244 g/mol. The van der Waals surface area contributed by atoms with Crippen LogP contribution in [-0.4, -0.2) is 28.9 Å². The summed E-state index contributed by atoms with van der Waals surface area (Å²) in [6.45, 7) is 2.76. The molecule has 0 aliphatic carbocycles. The fourth-order valence-corrected chi connectivity index (χ4v) is 2.03. The maximum atomic E-state index is 10.5. The number of hydrogen-bond acceptors (Lipinski definition) is 4. The number of aryl methyl sites for hydroxylation is 1. The number of benzene rings is 1. The van der Waals surface area contributed by atoms with Crippen LogP contribution in [0, 0.1) is 0 Å². The van der Waals surface area contributed by atoms with E-state index in [0.717, 1.165) is 12.2 Å². The molecule has 1 unspecified atom stereocenters. The molecule has 0 fully saturated rings. The Morgan fingerprint density at radius 3 is 2.74 bits per heavy atom. The van der Waals surface area contributed by atoms with Gasteiger partial charge in [-0.05, 0) is 19.1 Å². The first kappa shape index (κ1) is 13.4. The molecule has 0 saturated carbocycles. The molecule has 19 heavy (non-hydrogen) atoms. The minimum absolute atomic E-state index is 0.593. The molecule has 1 atom stereocenters. The third-order valence-corrected chi connectivity index (χ3v) is 3.10. The molecule has 5 nitrogen and oxygen atoms in total. The summed E-state index contributed by atoms with van der Waals surface area (Å²) in [6.07, 6.45) is 2.59. The molecule has 102 valence electrons. The average molecular weight is 262 g/mol. The van der Waals surface area contributed by atoms with E-state index in [1.165, 1.54) is 0 Å². The quantitative estimate of drug-likeness (QED) is 0.895. The highest BCUT2D eigenvalue weighted by Crippen LogP contribution is 2.32. The second kappa shape index (κ2) is 5.75. The zero-order valence-corrected chi connectivity index (χ0v) is 11.3. The summed E-state index contributed by atoms with van der Waals surface area (Å²) in [5.41, 5.74) is 1.43. The second-order valence-electron chi connectivity index (χ2n) is 4.11. The van der Waals surface area contributed by atoms with Crippen molar-refractivity contribution in [2.75, 3.05) is 14.2 Å². The van der Waals surface area contributed by atoms with E-state index in [1.807, 2.05) is 11.5 Å². The summed E-state index contributed by atoms with van der Waals surface area (Å²) in [6, 6.07) is 5.36. The maximum absolute atomic E-state index is 10.5. The lowest BCUT2D eigenvalue weighted by atomic mass is 10.1. The zero-order chi connectivity index (χ0) is 13.8. The fraction of sp³-hybridized carbons (Fsp3) is 0.357. The van der Waals surface area contributed by atoms with E-state index in [0.29, 0.717) is 17.1 Å². The van der Waals surface area contributed by atoms with Gasteiger partial charge in [0.2, 0.25) is 0 Å². The van der Waals surface area contributed by atoms with Crippen LogP contribution >= 0.6 is 0 Å². The van der Waals surface area contributed by atoms with Gasteiger partial charge in [0, 0.05) is 18.2 Å². The van der Waals surface area contributed by atoms with Gasteiger partial charge in [-0.3, -0.25) is 0 Å².